The van der Waals surface area contributed by atoms with Gasteiger partial charge in [-0.15, -0.1) is 0 Å². The third-order valence-corrected chi connectivity index (χ3v) is 4.60. The number of hydrogen-bond acceptors (Lipinski definition) is 4. The van der Waals surface area contributed by atoms with Gasteiger partial charge in [0.15, 0.2) is 0 Å². The lowest BCUT2D eigenvalue weighted by Gasteiger charge is -2.20. The van der Waals surface area contributed by atoms with E-state index in [-0.39, 0.29) is 11.7 Å². The van der Waals surface area contributed by atoms with E-state index in [0.29, 0.717) is 31.5 Å². The Morgan fingerprint density at radius 2 is 1.85 bits per heavy atom. The molecule has 1 aliphatic rings. The van der Waals surface area contributed by atoms with Crippen LogP contribution in [0, 0.1) is 5.82 Å². The molecule has 0 N–H and O–H groups in total. The van der Waals surface area contributed by atoms with Gasteiger partial charge in [0.25, 0.3) is 5.91 Å². The lowest BCUT2D eigenvalue weighted by atomic mass is 10.0. The fraction of sp³-hybridized carbons (Fsp3) is 0.200. The molecule has 1 aromatic carbocycles. The molecule has 6 heteroatoms. The Bertz CT molecular complexity index is 946. The van der Waals surface area contributed by atoms with Gasteiger partial charge in [-0.1, -0.05) is 12.1 Å². The highest BCUT2D eigenvalue weighted by atomic mass is 19.1. The summed E-state index contributed by atoms with van der Waals surface area (Å²) in [6.07, 6.45) is 6.04. The molecule has 2 aromatic heterocycles. The van der Waals surface area contributed by atoms with Crippen LogP contribution in [-0.2, 0) is 12.8 Å². The van der Waals surface area contributed by atoms with Crippen LogP contribution in [0.4, 0.5) is 4.39 Å². The van der Waals surface area contributed by atoms with E-state index in [1.165, 1.54) is 18.5 Å². The zero-order chi connectivity index (χ0) is 17.9. The molecular weight excluding hydrogens is 331 g/mol. The number of benzene rings is 1. The largest absolute Gasteiger partial charge is 0.338 e. The zero-order valence-electron chi connectivity index (χ0n) is 14.1. The number of fused-ring (bicyclic) bond motifs is 1. The van der Waals surface area contributed by atoms with Gasteiger partial charge in [-0.05, 0) is 30.7 Å². The Labute approximate surface area is 150 Å². The number of amides is 1. The van der Waals surface area contributed by atoms with E-state index in [1.807, 2.05) is 11.0 Å². The van der Waals surface area contributed by atoms with Crippen LogP contribution in [0.5, 0.6) is 0 Å². The molecule has 0 aliphatic carbocycles. The van der Waals surface area contributed by atoms with Crippen LogP contribution in [0.15, 0.2) is 55.1 Å². The summed E-state index contributed by atoms with van der Waals surface area (Å²) in [5.74, 6) is -0.307. The topological polar surface area (TPSA) is 59.0 Å². The minimum atomic E-state index is -0.294. The summed E-state index contributed by atoms with van der Waals surface area (Å²) in [6.45, 7) is 1.16. The third kappa shape index (κ3) is 3.18. The van der Waals surface area contributed by atoms with E-state index in [0.717, 1.165) is 22.5 Å². The molecule has 0 unspecified atom stereocenters. The molecular formula is C20H17FN4O. The molecule has 5 nitrogen and oxygen atoms in total. The van der Waals surface area contributed by atoms with Crippen molar-refractivity contribution in [3.8, 4) is 11.3 Å². The minimum absolute atomic E-state index is 0.0135. The lowest BCUT2D eigenvalue weighted by Crippen LogP contribution is -2.33. The summed E-state index contributed by atoms with van der Waals surface area (Å²) >= 11 is 0. The first kappa shape index (κ1) is 16.3. The minimum Gasteiger partial charge on any atom is -0.338 e. The molecule has 130 valence electrons. The second-order valence-electron chi connectivity index (χ2n) is 6.19. The first-order valence-electron chi connectivity index (χ1n) is 8.50. The number of pyridine rings is 1. The summed E-state index contributed by atoms with van der Waals surface area (Å²) < 4.78 is 13.6. The number of nitrogens with zero attached hydrogens (tertiary/aromatic N) is 4. The van der Waals surface area contributed by atoms with Crippen molar-refractivity contribution in [2.75, 3.05) is 13.1 Å². The maximum atomic E-state index is 13.6. The fourth-order valence-electron chi connectivity index (χ4n) is 3.29. The maximum absolute atomic E-state index is 13.6. The fourth-order valence-corrected chi connectivity index (χ4v) is 3.29. The van der Waals surface area contributed by atoms with Crippen molar-refractivity contribution in [3.63, 3.8) is 0 Å². The summed E-state index contributed by atoms with van der Waals surface area (Å²) in [5.41, 5.74) is 4.01. The maximum Gasteiger partial charge on any atom is 0.253 e. The number of carbonyl (C=O) groups excluding carboxylic acids is 1. The highest BCUT2D eigenvalue weighted by Crippen LogP contribution is 2.26. The molecule has 3 heterocycles. The molecule has 0 radical (unpaired) electrons. The smallest absolute Gasteiger partial charge is 0.253 e. The van der Waals surface area contributed by atoms with Crippen molar-refractivity contribution in [2.24, 2.45) is 0 Å². The van der Waals surface area contributed by atoms with E-state index in [9.17, 15) is 9.18 Å². The van der Waals surface area contributed by atoms with Crippen LogP contribution in [0.2, 0.25) is 0 Å². The van der Waals surface area contributed by atoms with Gasteiger partial charge in [0.1, 0.15) is 12.1 Å². The number of rotatable bonds is 2. The van der Waals surface area contributed by atoms with E-state index < -0.39 is 0 Å². The Morgan fingerprint density at radius 1 is 1.04 bits per heavy atom. The first-order valence-corrected chi connectivity index (χ1v) is 8.50. The first-order chi connectivity index (χ1) is 12.7. The molecule has 4 rings (SSSR count). The van der Waals surface area contributed by atoms with Gasteiger partial charge in [-0.2, -0.15) is 0 Å². The van der Waals surface area contributed by atoms with Gasteiger partial charge in [-0.3, -0.25) is 9.78 Å². The normalized spacial score (nSPS) is 13.8. The average molecular weight is 348 g/mol. The Morgan fingerprint density at radius 3 is 2.65 bits per heavy atom. The SMILES string of the molecule is O=C(c1ccncc1)N1CCc2ncnc(-c3cccc(F)c3)c2CC1. The molecule has 3 aromatic rings. The van der Waals surface area contributed by atoms with Crippen LogP contribution in [0.1, 0.15) is 21.6 Å². The van der Waals surface area contributed by atoms with Gasteiger partial charge in [0.2, 0.25) is 0 Å². The van der Waals surface area contributed by atoms with Crippen molar-refractivity contribution >= 4 is 5.91 Å². The second kappa shape index (κ2) is 7.00. The highest BCUT2D eigenvalue weighted by molar-refractivity contribution is 5.94. The molecule has 0 atom stereocenters. The lowest BCUT2D eigenvalue weighted by molar-refractivity contribution is 0.0763. The van der Waals surface area contributed by atoms with E-state index >= 15 is 0 Å². The predicted molar refractivity (Wildman–Crippen MR) is 95.0 cm³/mol. The monoisotopic (exact) mass is 348 g/mol. The van der Waals surface area contributed by atoms with E-state index in [1.54, 1.807) is 30.6 Å². The molecule has 1 amide bonds. The van der Waals surface area contributed by atoms with Crippen LogP contribution in [-0.4, -0.2) is 38.8 Å². The molecule has 0 saturated heterocycles. The van der Waals surface area contributed by atoms with Gasteiger partial charge in [0.05, 0.1) is 5.69 Å². The van der Waals surface area contributed by atoms with Crippen LogP contribution in [0.3, 0.4) is 0 Å². The molecule has 26 heavy (non-hydrogen) atoms. The van der Waals surface area contributed by atoms with E-state index in [4.69, 9.17) is 0 Å². The summed E-state index contributed by atoms with van der Waals surface area (Å²) in [5, 5.41) is 0. The standard InChI is InChI=1S/C20H17FN4O/c21-16-3-1-2-15(12-16)19-17-6-10-25(11-7-18(17)23-13-24-19)20(26)14-4-8-22-9-5-14/h1-5,8-9,12-13H,6-7,10-11H2. The summed E-state index contributed by atoms with van der Waals surface area (Å²) in [4.78, 5) is 27.3. The molecule has 0 bridgehead atoms. The number of aromatic nitrogens is 3. The summed E-state index contributed by atoms with van der Waals surface area (Å²) in [6, 6.07) is 9.86. The summed E-state index contributed by atoms with van der Waals surface area (Å²) in [7, 11) is 0. The molecule has 1 aliphatic heterocycles. The Hall–Kier alpha value is -3.15. The van der Waals surface area contributed by atoms with Crippen LogP contribution >= 0.6 is 0 Å². The van der Waals surface area contributed by atoms with Gasteiger partial charge < -0.3 is 4.90 Å². The quantitative estimate of drug-likeness (QED) is 0.714. The highest BCUT2D eigenvalue weighted by Gasteiger charge is 2.23. The van der Waals surface area contributed by atoms with Crippen molar-refractivity contribution in [1.82, 2.24) is 19.9 Å². The van der Waals surface area contributed by atoms with Crippen molar-refractivity contribution in [3.05, 3.63) is 77.8 Å². The van der Waals surface area contributed by atoms with Crippen molar-refractivity contribution in [2.45, 2.75) is 12.8 Å². The Kier molecular flexibility index (Phi) is 4.39. The Balaban J connectivity index is 1.63. The number of carbonyl (C=O) groups is 1. The van der Waals surface area contributed by atoms with Gasteiger partial charge in [-0.25, -0.2) is 14.4 Å². The van der Waals surface area contributed by atoms with Gasteiger partial charge in [0, 0.05) is 54.3 Å². The molecule has 0 fully saturated rings. The predicted octanol–water partition coefficient (Wildman–Crippen LogP) is 2.92. The number of hydrogen-bond donors (Lipinski definition) is 0. The van der Waals surface area contributed by atoms with Crippen molar-refractivity contribution < 1.29 is 9.18 Å². The molecule has 0 saturated carbocycles. The molecule has 0 spiro atoms. The average Bonchev–Trinajstić information content (AvgIpc) is 2.91. The van der Waals surface area contributed by atoms with Gasteiger partial charge >= 0.3 is 0 Å². The second-order valence-corrected chi connectivity index (χ2v) is 6.19. The zero-order valence-corrected chi connectivity index (χ0v) is 14.1. The van der Waals surface area contributed by atoms with E-state index in [2.05, 4.69) is 15.0 Å². The third-order valence-electron chi connectivity index (χ3n) is 4.60. The number of halogens is 1. The van der Waals surface area contributed by atoms with Crippen molar-refractivity contribution in [1.29, 1.82) is 0 Å². The van der Waals surface area contributed by atoms with Crippen LogP contribution < -0.4 is 0 Å². The van der Waals surface area contributed by atoms with Crippen LogP contribution in [0.25, 0.3) is 11.3 Å².